The molecule has 0 aliphatic carbocycles. The molecule has 0 radical (unpaired) electrons. The number of hydrogen-bond acceptors (Lipinski definition) is 2. The summed E-state index contributed by atoms with van der Waals surface area (Å²) in [4.78, 5) is 11.6. The number of rotatable bonds is 2. The van der Waals surface area contributed by atoms with E-state index in [4.69, 9.17) is 0 Å². The zero-order valence-electron chi connectivity index (χ0n) is 8.22. The van der Waals surface area contributed by atoms with Crippen LogP contribution in [0.3, 0.4) is 0 Å². The highest BCUT2D eigenvalue weighted by Gasteiger charge is 2.24. The van der Waals surface area contributed by atoms with E-state index in [0.29, 0.717) is 0 Å². The molecule has 4 heteroatoms. The van der Waals surface area contributed by atoms with Crippen LogP contribution in [0, 0.1) is 5.92 Å². The highest BCUT2D eigenvalue weighted by Crippen LogP contribution is 2.19. The summed E-state index contributed by atoms with van der Waals surface area (Å²) in [5.41, 5.74) is 0. The Kier molecular flexibility index (Phi) is 4.45. The van der Waals surface area contributed by atoms with Crippen LogP contribution in [0.5, 0.6) is 0 Å². The Bertz CT molecular complexity index is 184. The molecule has 0 aromatic carbocycles. The van der Waals surface area contributed by atoms with Crippen molar-refractivity contribution in [1.82, 2.24) is 8.43 Å². The number of carbonyl (C=O) groups excluding carboxylic acids is 1. The van der Waals surface area contributed by atoms with Crippen LogP contribution in [-0.2, 0) is 4.79 Å². The first-order valence-corrected chi connectivity index (χ1v) is 5.77. The minimum Gasteiger partial charge on any atom is -0.354 e. The van der Waals surface area contributed by atoms with E-state index in [9.17, 15) is 4.79 Å². The van der Waals surface area contributed by atoms with Crippen LogP contribution in [0.2, 0.25) is 0 Å². The zero-order chi connectivity index (χ0) is 9.84. The first-order valence-electron chi connectivity index (χ1n) is 4.80. The lowest BCUT2D eigenvalue weighted by atomic mass is 9.98. The van der Waals surface area contributed by atoms with Crippen molar-refractivity contribution in [3.8, 4) is 0 Å². The summed E-state index contributed by atoms with van der Waals surface area (Å²) in [6, 6.07) is 0.261. The average molecular weight is 296 g/mol. The van der Waals surface area contributed by atoms with Crippen molar-refractivity contribution in [2.24, 2.45) is 5.92 Å². The lowest BCUT2D eigenvalue weighted by Crippen LogP contribution is -2.41. The third kappa shape index (κ3) is 3.81. The summed E-state index contributed by atoms with van der Waals surface area (Å²) in [7, 11) is 0. The summed E-state index contributed by atoms with van der Waals surface area (Å²) in [5, 5.41) is 2.96. The van der Waals surface area contributed by atoms with Crippen LogP contribution in [0.25, 0.3) is 0 Å². The van der Waals surface area contributed by atoms with E-state index in [2.05, 4.69) is 31.3 Å². The van der Waals surface area contributed by atoms with E-state index in [-0.39, 0.29) is 17.9 Å². The van der Waals surface area contributed by atoms with Crippen molar-refractivity contribution in [1.29, 1.82) is 0 Å². The van der Waals surface area contributed by atoms with Crippen molar-refractivity contribution in [3.63, 3.8) is 0 Å². The molecular formula is C9H17IN2O. The highest BCUT2D eigenvalue weighted by molar-refractivity contribution is 14.1. The normalized spacial score (nSPS) is 24.8. The second-order valence-electron chi connectivity index (χ2n) is 3.87. The molecule has 1 rings (SSSR count). The molecular weight excluding hydrogens is 279 g/mol. The van der Waals surface area contributed by atoms with Crippen LogP contribution in [-0.4, -0.2) is 28.2 Å². The van der Waals surface area contributed by atoms with Gasteiger partial charge in [0.2, 0.25) is 5.91 Å². The zero-order valence-corrected chi connectivity index (χ0v) is 10.4. The fourth-order valence-corrected chi connectivity index (χ4v) is 2.36. The number of nitrogens with zero attached hydrogens (tertiary/aromatic N) is 1. The number of hydrogen-bond donors (Lipinski definition) is 1. The van der Waals surface area contributed by atoms with E-state index in [1.54, 1.807) is 0 Å². The van der Waals surface area contributed by atoms with E-state index >= 15 is 0 Å². The van der Waals surface area contributed by atoms with E-state index in [1.807, 2.05) is 13.8 Å². The summed E-state index contributed by atoms with van der Waals surface area (Å²) < 4.78 is 2.20. The molecule has 0 bridgehead atoms. The smallest absolute Gasteiger partial charge is 0.224 e. The Morgan fingerprint density at radius 1 is 1.62 bits per heavy atom. The Morgan fingerprint density at radius 3 is 2.85 bits per heavy atom. The predicted octanol–water partition coefficient (Wildman–Crippen LogP) is 1.57. The van der Waals surface area contributed by atoms with Crippen molar-refractivity contribution in [2.45, 2.75) is 32.7 Å². The third-order valence-corrected chi connectivity index (χ3v) is 3.05. The van der Waals surface area contributed by atoms with Gasteiger partial charge in [0.25, 0.3) is 0 Å². The fourth-order valence-electron chi connectivity index (χ4n) is 1.55. The molecule has 0 aromatic rings. The Balaban J connectivity index is 2.37. The first-order chi connectivity index (χ1) is 6.09. The first kappa shape index (κ1) is 11.2. The number of carbonyl (C=O) groups is 1. The van der Waals surface area contributed by atoms with Crippen LogP contribution in [0.15, 0.2) is 0 Å². The molecule has 1 atom stereocenters. The molecule has 0 unspecified atom stereocenters. The second kappa shape index (κ2) is 5.14. The van der Waals surface area contributed by atoms with Gasteiger partial charge in [-0.25, -0.2) is 3.11 Å². The monoisotopic (exact) mass is 296 g/mol. The predicted molar refractivity (Wildman–Crippen MR) is 61.6 cm³/mol. The Labute approximate surface area is 93.7 Å². The fraction of sp³-hybridized carbons (Fsp3) is 0.889. The minimum atomic E-state index is 0.202. The van der Waals surface area contributed by atoms with Crippen LogP contribution < -0.4 is 5.32 Å². The molecule has 1 saturated heterocycles. The molecule has 13 heavy (non-hydrogen) atoms. The maximum absolute atomic E-state index is 11.6. The number of nitrogens with one attached hydrogen (secondary N) is 1. The minimum absolute atomic E-state index is 0.202. The molecule has 1 N–H and O–H groups in total. The average Bonchev–Trinajstić information content (AvgIpc) is 2.03. The lowest BCUT2D eigenvalue weighted by Gasteiger charge is -2.27. The van der Waals surface area contributed by atoms with Gasteiger partial charge >= 0.3 is 0 Å². The molecule has 3 nitrogen and oxygen atoms in total. The van der Waals surface area contributed by atoms with Crippen LogP contribution >= 0.6 is 22.9 Å². The summed E-state index contributed by atoms with van der Waals surface area (Å²) >= 11 is 2.29. The molecule has 1 aliphatic heterocycles. The quantitative estimate of drug-likeness (QED) is 0.620. The molecule has 76 valence electrons. The summed E-state index contributed by atoms with van der Waals surface area (Å²) in [5.74, 6) is 0.421. The molecule has 1 aliphatic rings. The van der Waals surface area contributed by atoms with E-state index in [0.717, 1.165) is 25.9 Å². The number of piperidine rings is 1. The molecule has 1 heterocycles. The van der Waals surface area contributed by atoms with Crippen LogP contribution in [0.1, 0.15) is 26.7 Å². The summed E-state index contributed by atoms with van der Waals surface area (Å²) in [6.45, 7) is 6.02. The van der Waals surface area contributed by atoms with Crippen LogP contribution in [0.4, 0.5) is 0 Å². The summed E-state index contributed by atoms with van der Waals surface area (Å²) in [6.07, 6.45) is 2.18. The van der Waals surface area contributed by atoms with Gasteiger partial charge in [-0.2, -0.15) is 0 Å². The maximum atomic E-state index is 11.6. The van der Waals surface area contributed by atoms with Gasteiger partial charge in [-0.1, -0.05) is 0 Å². The number of amides is 1. The number of halogens is 1. The standard InChI is InChI=1S/C9H17IN2O/c1-7(2)11-9(13)8-4-3-5-12(10)6-8/h7-8H,3-6H2,1-2H3,(H,11,13)/t8-/m1/s1. The SMILES string of the molecule is CC(C)NC(=O)[C@@H]1CCCN(I)C1. The van der Waals surface area contributed by atoms with Gasteiger partial charge in [-0.05, 0) is 26.7 Å². The van der Waals surface area contributed by atoms with Crippen molar-refractivity contribution < 1.29 is 4.79 Å². The molecule has 0 saturated carbocycles. The molecule has 0 spiro atoms. The van der Waals surface area contributed by atoms with Crippen molar-refractivity contribution in [2.75, 3.05) is 13.1 Å². The van der Waals surface area contributed by atoms with Gasteiger partial charge in [-0.15, -0.1) is 0 Å². The highest BCUT2D eigenvalue weighted by atomic mass is 127. The maximum Gasteiger partial charge on any atom is 0.224 e. The molecule has 0 aromatic heterocycles. The van der Waals surface area contributed by atoms with E-state index < -0.39 is 0 Å². The van der Waals surface area contributed by atoms with Gasteiger partial charge in [0.05, 0.1) is 5.92 Å². The third-order valence-electron chi connectivity index (χ3n) is 2.17. The van der Waals surface area contributed by atoms with E-state index in [1.165, 1.54) is 0 Å². The largest absolute Gasteiger partial charge is 0.354 e. The second-order valence-corrected chi connectivity index (χ2v) is 5.24. The topological polar surface area (TPSA) is 32.3 Å². The Hall–Kier alpha value is 0.160. The lowest BCUT2D eigenvalue weighted by molar-refractivity contribution is -0.126. The van der Waals surface area contributed by atoms with Gasteiger partial charge < -0.3 is 5.32 Å². The molecule has 1 fully saturated rings. The van der Waals surface area contributed by atoms with Gasteiger partial charge in [0.15, 0.2) is 0 Å². The van der Waals surface area contributed by atoms with Gasteiger partial charge in [0, 0.05) is 42.0 Å². The van der Waals surface area contributed by atoms with Crippen molar-refractivity contribution in [3.05, 3.63) is 0 Å². The van der Waals surface area contributed by atoms with Gasteiger partial charge in [0.1, 0.15) is 0 Å². The molecule has 1 amide bonds. The Morgan fingerprint density at radius 2 is 2.31 bits per heavy atom. The van der Waals surface area contributed by atoms with Gasteiger partial charge in [-0.3, -0.25) is 4.79 Å². The van der Waals surface area contributed by atoms with Crippen molar-refractivity contribution >= 4 is 28.8 Å².